The molecule has 2 aromatic carbocycles. The maximum Gasteiger partial charge on any atom is 0.658 e. The topological polar surface area (TPSA) is 111 Å². The molecule has 2 N–H and O–H groups in total. The molecule has 0 heterocycles. The number of anilines is 2. The fourth-order valence-electron chi connectivity index (χ4n) is 2.03. The minimum atomic E-state index is -3.65. The second kappa shape index (κ2) is 9.00. The van der Waals surface area contributed by atoms with E-state index in [0.717, 1.165) is 7.69 Å². The Morgan fingerprint density at radius 3 is 1.29 bits per heavy atom. The summed E-state index contributed by atoms with van der Waals surface area (Å²) in [7, 11) is -6.30. The fraction of sp³-hybridized carbons (Fsp3) is 0.400. The number of hydrogen-bond acceptors (Lipinski definition) is 6. The second-order valence-corrected chi connectivity index (χ2v) is 13.6. The van der Waals surface area contributed by atoms with Crippen LogP contribution in [0.15, 0.2) is 48.5 Å². The van der Waals surface area contributed by atoms with Crippen LogP contribution < -0.4 is 18.8 Å². The number of nitrogens with one attached hydrogen (secondary N) is 2. The molecule has 0 saturated heterocycles. The summed E-state index contributed by atoms with van der Waals surface area (Å²) < 4.78 is 63.8. The van der Waals surface area contributed by atoms with Gasteiger partial charge in [-0.15, -0.1) is 0 Å². The van der Waals surface area contributed by atoms with E-state index in [1.165, 1.54) is 0 Å². The summed E-state index contributed by atoms with van der Waals surface area (Å²) in [5.74, 6) is 0.450. The van der Waals surface area contributed by atoms with Crippen molar-refractivity contribution in [3.8, 4) is 11.5 Å². The van der Waals surface area contributed by atoms with Gasteiger partial charge in [-0.1, -0.05) is 24.3 Å². The Labute approximate surface area is 185 Å². The number of benzene rings is 2. The summed E-state index contributed by atoms with van der Waals surface area (Å²) in [4.78, 5) is 0. The highest BCUT2D eigenvalue weighted by molar-refractivity contribution is 7.94. The van der Waals surface area contributed by atoms with E-state index < -0.39 is 29.5 Å². The van der Waals surface area contributed by atoms with E-state index in [4.69, 9.17) is 9.31 Å². The van der Waals surface area contributed by atoms with Crippen LogP contribution in [-0.2, 0) is 20.0 Å². The molecule has 2 rings (SSSR count). The summed E-state index contributed by atoms with van der Waals surface area (Å²) in [6, 6.07) is 13.0. The number of sulfonamides is 2. The molecule has 0 unspecified atom stereocenters. The van der Waals surface area contributed by atoms with Crippen molar-refractivity contribution in [2.45, 2.75) is 51.0 Å². The molecule has 0 amide bonds. The SMILES string of the molecule is CC(C)(C)S(=O)(=O)Nc1ccccc1O[B]Oc1ccccc1NS(=O)(=O)C(C)(C)C. The lowest BCUT2D eigenvalue weighted by Crippen LogP contribution is -2.34. The molecule has 11 heteroatoms. The third-order valence-corrected chi connectivity index (χ3v) is 8.43. The zero-order valence-electron chi connectivity index (χ0n) is 18.5. The van der Waals surface area contributed by atoms with Crippen LogP contribution in [0.5, 0.6) is 11.5 Å². The summed E-state index contributed by atoms with van der Waals surface area (Å²) in [5, 5.41) is 0. The average molecular weight is 467 g/mol. The Bertz CT molecular complexity index is 1030. The first kappa shape index (κ1) is 24.9. The second-order valence-electron chi connectivity index (χ2n) is 8.76. The Hall–Kier alpha value is -2.40. The summed E-state index contributed by atoms with van der Waals surface area (Å²) in [5.41, 5.74) is 0.498. The van der Waals surface area contributed by atoms with Crippen LogP contribution in [-0.4, -0.2) is 34.0 Å². The first-order valence-electron chi connectivity index (χ1n) is 9.52. The normalized spacial score (nSPS) is 12.7. The molecule has 0 atom stereocenters. The van der Waals surface area contributed by atoms with Gasteiger partial charge in [-0.05, 0) is 65.8 Å². The zero-order valence-corrected chi connectivity index (χ0v) is 20.1. The van der Waals surface area contributed by atoms with E-state index in [2.05, 4.69) is 9.44 Å². The third-order valence-electron chi connectivity index (χ3n) is 4.23. The Kier molecular flexibility index (Phi) is 7.22. The summed E-state index contributed by atoms with van der Waals surface area (Å²) in [6.07, 6.45) is 0. The van der Waals surface area contributed by atoms with Gasteiger partial charge in [-0.2, -0.15) is 0 Å². The van der Waals surface area contributed by atoms with Crippen LogP contribution in [0.25, 0.3) is 0 Å². The van der Waals surface area contributed by atoms with Crippen molar-refractivity contribution in [2.75, 3.05) is 9.44 Å². The van der Waals surface area contributed by atoms with E-state index in [-0.39, 0.29) is 22.9 Å². The minimum Gasteiger partial charge on any atom is -0.525 e. The molecule has 8 nitrogen and oxygen atoms in total. The molecule has 0 aromatic heterocycles. The van der Waals surface area contributed by atoms with Crippen LogP contribution in [0, 0.1) is 0 Å². The van der Waals surface area contributed by atoms with Gasteiger partial charge in [0.05, 0.1) is 20.9 Å². The van der Waals surface area contributed by atoms with Crippen LogP contribution >= 0.6 is 0 Å². The molecule has 169 valence electrons. The van der Waals surface area contributed by atoms with Crippen LogP contribution in [0.2, 0.25) is 0 Å². The molecule has 0 spiro atoms. The quantitative estimate of drug-likeness (QED) is 0.572. The van der Waals surface area contributed by atoms with Crippen molar-refractivity contribution in [1.82, 2.24) is 0 Å². The molecule has 0 fully saturated rings. The van der Waals surface area contributed by atoms with Crippen LogP contribution in [0.4, 0.5) is 11.4 Å². The van der Waals surface area contributed by atoms with Crippen LogP contribution in [0.3, 0.4) is 0 Å². The Balaban J connectivity index is 2.14. The lowest BCUT2D eigenvalue weighted by Gasteiger charge is -2.22. The predicted octanol–water partition coefficient (Wildman–Crippen LogP) is 3.76. The van der Waals surface area contributed by atoms with Gasteiger partial charge < -0.3 is 9.31 Å². The lowest BCUT2D eigenvalue weighted by atomic mass is 10.2. The summed E-state index contributed by atoms with van der Waals surface area (Å²) >= 11 is 0. The molecule has 31 heavy (non-hydrogen) atoms. The van der Waals surface area contributed by atoms with Gasteiger partial charge in [0.1, 0.15) is 11.5 Å². The molecular formula is C20H28BN2O6S2. The molecule has 1 radical (unpaired) electrons. The molecule has 0 aliphatic rings. The Morgan fingerprint density at radius 2 is 0.968 bits per heavy atom. The first-order chi connectivity index (χ1) is 14.1. The van der Waals surface area contributed by atoms with Crippen LogP contribution in [0.1, 0.15) is 41.5 Å². The number of hydrogen-bond donors (Lipinski definition) is 2. The molecule has 2 aromatic rings. The minimum absolute atomic E-state index is 0.225. The summed E-state index contributed by atoms with van der Waals surface area (Å²) in [6.45, 7) is 9.52. The van der Waals surface area contributed by atoms with E-state index >= 15 is 0 Å². The number of para-hydroxylation sites is 4. The van der Waals surface area contributed by atoms with E-state index in [1.807, 2.05) is 0 Å². The highest BCUT2D eigenvalue weighted by Gasteiger charge is 2.31. The van der Waals surface area contributed by atoms with Gasteiger partial charge in [0.2, 0.25) is 20.0 Å². The largest absolute Gasteiger partial charge is 0.658 e. The highest BCUT2D eigenvalue weighted by Crippen LogP contribution is 2.30. The van der Waals surface area contributed by atoms with Gasteiger partial charge in [0, 0.05) is 0 Å². The smallest absolute Gasteiger partial charge is 0.525 e. The Morgan fingerprint density at radius 1 is 0.645 bits per heavy atom. The molecule has 0 saturated carbocycles. The van der Waals surface area contributed by atoms with Crippen molar-refractivity contribution < 1.29 is 26.1 Å². The van der Waals surface area contributed by atoms with E-state index in [0.29, 0.717) is 0 Å². The van der Waals surface area contributed by atoms with E-state index in [9.17, 15) is 16.8 Å². The van der Waals surface area contributed by atoms with Crippen molar-refractivity contribution in [3.63, 3.8) is 0 Å². The first-order valence-corrected chi connectivity index (χ1v) is 12.5. The van der Waals surface area contributed by atoms with Gasteiger partial charge in [-0.3, -0.25) is 9.44 Å². The van der Waals surface area contributed by atoms with Crippen molar-refractivity contribution in [3.05, 3.63) is 48.5 Å². The van der Waals surface area contributed by atoms with E-state index in [1.54, 1.807) is 90.1 Å². The lowest BCUT2D eigenvalue weighted by molar-refractivity contribution is 0.461. The van der Waals surface area contributed by atoms with Crippen molar-refractivity contribution >= 4 is 39.1 Å². The molecule has 0 aliphatic heterocycles. The fourth-order valence-corrected chi connectivity index (χ4v) is 3.56. The monoisotopic (exact) mass is 467 g/mol. The number of rotatable bonds is 8. The van der Waals surface area contributed by atoms with Gasteiger partial charge in [0.25, 0.3) is 0 Å². The van der Waals surface area contributed by atoms with Gasteiger partial charge >= 0.3 is 7.69 Å². The van der Waals surface area contributed by atoms with Crippen molar-refractivity contribution in [1.29, 1.82) is 0 Å². The molecule has 0 aliphatic carbocycles. The highest BCUT2D eigenvalue weighted by atomic mass is 32.2. The third kappa shape index (κ3) is 6.30. The maximum atomic E-state index is 12.5. The molecular weight excluding hydrogens is 439 g/mol. The average Bonchev–Trinajstić information content (AvgIpc) is 2.62. The standard InChI is InChI=1S/C20H28BN2O6S2/c1-19(2,3)30(24,25)22-15-11-7-9-13-17(15)28-21-29-18-14-10-8-12-16(18)23-31(26,27)20(4,5)6/h7-14,22-23H,1-6H3. The predicted molar refractivity (Wildman–Crippen MR) is 124 cm³/mol. The maximum absolute atomic E-state index is 12.5. The van der Waals surface area contributed by atoms with Gasteiger partial charge in [0.15, 0.2) is 0 Å². The van der Waals surface area contributed by atoms with Gasteiger partial charge in [-0.25, -0.2) is 16.8 Å². The zero-order chi connectivity index (χ0) is 23.5. The molecule has 0 bridgehead atoms. The van der Waals surface area contributed by atoms with Crippen molar-refractivity contribution in [2.24, 2.45) is 0 Å².